The van der Waals surface area contributed by atoms with Crippen LogP contribution in [-0.4, -0.2) is 42.9 Å². The molecule has 1 heterocycles. The van der Waals surface area contributed by atoms with Crippen LogP contribution in [0.15, 0.2) is 35.3 Å². The first-order valence-electron chi connectivity index (χ1n) is 9.14. The summed E-state index contributed by atoms with van der Waals surface area (Å²) in [7, 11) is 0. The topological polar surface area (TPSA) is 56.7 Å². The number of guanidine groups is 1. The maximum absolute atomic E-state index is 12.1. The van der Waals surface area contributed by atoms with Crippen LogP contribution in [0.2, 0.25) is 0 Å². The average molecular weight is 328 g/mol. The lowest BCUT2D eigenvalue weighted by Crippen LogP contribution is -2.40. The highest BCUT2D eigenvalue weighted by Gasteiger charge is 2.35. The number of nitrogens with zero attached hydrogens (tertiary/aromatic N) is 2. The molecule has 1 aliphatic carbocycles. The molecule has 2 N–H and O–H groups in total. The van der Waals surface area contributed by atoms with E-state index < -0.39 is 0 Å². The van der Waals surface area contributed by atoms with Gasteiger partial charge in [-0.2, -0.15) is 0 Å². The minimum atomic E-state index is -0.0757. The van der Waals surface area contributed by atoms with Gasteiger partial charge in [-0.25, -0.2) is 4.99 Å². The largest absolute Gasteiger partial charge is 0.357 e. The third kappa shape index (κ3) is 4.28. The number of aliphatic imine (C=N–C) groups is 1. The highest BCUT2D eigenvalue weighted by Crippen LogP contribution is 2.35. The van der Waals surface area contributed by atoms with Gasteiger partial charge in [0, 0.05) is 25.3 Å². The van der Waals surface area contributed by atoms with E-state index in [1.165, 1.54) is 25.7 Å². The molecule has 130 valence electrons. The number of hydrogen-bond acceptors (Lipinski definition) is 2. The summed E-state index contributed by atoms with van der Waals surface area (Å²) in [4.78, 5) is 19.0. The van der Waals surface area contributed by atoms with Gasteiger partial charge < -0.3 is 15.5 Å². The van der Waals surface area contributed by atoms with Crippen molar-refractivity contribution in [3.63, 3.8) is 0 Å². The van der Waals surface area contributed by atoms with Gasteiger partial charge in [-0.3, -0.25) is 4.79 Å². The third-order valence-electron chi connectivity index (χ3n) is 5.04. The Balaban J connectivity index is 1.58. The van der Waals surface area contributed by atoms with E-state index in [1.54, 1.807) is 0 Å². The molecule has 1 aromatic carbocycles. The summed E-state index contributed by atoms with van der Waals surface area (Å²) in [5.74, 6) is 2.42. The number of benzene rings is 1. The van der Waals surface area contributed by atoms with Crippen LogP contribution in [0.5, 0.6) is 0 Å². The van der Waals surface area contributed by atoms with Gasteiger partial charge in [0.25, 0.3) is 0 Å². The van der Waals surface area contributed by atoms with Gasteiger partial charge in [-0.05, 0) is 43.7 Å². The fraction of sp³-hybridized carbons (Fsp3) is 0.579. The molecule has 1 aliphatic heterocycles. The van der Waals surface area contributed by atoms with E-state index in [2.05, 4.69) is 27.4 Å². The van der Waals surface area contributed by atoms with Crippen molar-refractivity contribution in [2.45, 2.75) is 32.6 Å². The predicted octanol–water partition coefficient (Wildman–Crippen LogP) is 2.71. The zero-order valence-corrected chi connectivity index (χ0v) is 14.5. The molecule has 0 radical (unpaired) electrons. The minimum Gasteiger partial charge on any atom is -0.357 e. The smallest absolute Gasteiger partial charge is 0.246 e. The predicted molar refractivity (Wildman–Crippen MR) is 98.1 cm³/mol. The van der Waals surface area contributed by atoms with Gasteiger partial charge in [0.1, 0.15) is 6.54 Å². The summed E-state index contributed by atoms with van der Waals surface area (Å²) in [6.07, 6.45) is 5.41. The maximum atomic E-state index is 12.1. The van der Waals surface area contributed by atoms with Gasteiger partial charge in [-0.1, -0.05) is 31.0 Å². The van der Waals surface area contributed by atoms with E-state index in [-0.39, 0.29) is 12.5 Å². The lowest BCUT2D eigenvalue weighted by atomic mass is 9.82. The van der Waals surface area contributed by atoms with Crippen LogP contribution in [0, 0.1) is 11.8 Å². The monoisotopic (exact) mass is 328 g/mol. The average Bonchev–Trinajstić information content (AvgIpc) is 3.03. The fourth-order valence-electron chi connectivity index (χ4n) is 3.87. The molecule has 0 aromatic heterocycles. The number of hydrogen-bond donors (Lipinski definition) is 2. The fourth-order valence-corrected chi connectivity index (χ4v) is 3.87. The number of likely N-dealkylation sites (tertiary alicyclic amines) is 1. The second kappa shape index (κ2) is 8.18. The Morgan fingerprint density at radius 2 is 1.83 bits per heavy atom. The molecule has 1 aromatic rings. The van der Waals surface area contributed by atoms with Crippen molar-refractivity contribution in [3.05, 3.63) is 30.3 Å². The van der Waals surface area contributed by atoms with Crippen LogP contribution >= 0.6 is 0 Å². The number of amides is 1. The molecule has 5 heteroatoms. The number of carbonyl (C=O) groups is 1. The molecule has 24 heavy (non-hydrogen) atoms. The van der Waals surface area contributed by atoms with Crippen molar-refractivity contribution < 1.29 is 4.79 Å². The van der Waals surface area contributed by atoms with Crippen LogP contribution in [-0.2, 0) is 4.79 Å². The highest BCUT2D eigenvalue weighted by molar-refractivity contribution is 5.94. The van der Waals surface area contributed by atoms with Crippen molar-refractivity contribution in [2.75, 3.05) is 31.5 Å². The van der Waals surface area contributed by atoms with Gasteiger partial charge in [-0.15, -0.1) is 0 Å². The molecule has 0 bridgehead atoms. The Hall–Kier alpha value is -2.04. The second-order valence-corrected chi connectivity index (χ2v) is 6.79. The lowest BCUT2D eigenvalue weighted by Gasteiger charge is -2.22. The molecule has 1 amide bonds. The highest BCUT2D eigenvalue weighted by atomic mass is 16.1. The van der Waals surface area contributed by atoms with Crippen molar-refractivity contribution >= 4 is 17.6 Å². The van der Waals surface area contributed by atoms with Crippen LogP contribution < -0.4 is 10.6 Å². The van der Waals surface area contributed by atoms with Crippen LogP contribution in [0.1, 0.15) is 32.6 Å². The molecular formula is C19H28N4O. The third-order valence-corrected chi connectivity index (χ3v) is 5.04. The first kappa shape index (κ1) is 16.8. The lowest BCUT2D eigenvalue weighted by molar-refractivity contribution is -0.114. The summed E-state index contributed by atoms with van der Waals surface area (Å²) in [6, 6.07) is 9.53. The molecule has 2 fully saturated rings. The van der Waals surface area contributed by atoms with E-state index in [0.717, 1.165) is 43.1 Å². The molecule has 1 saturated heterocycles. The van der Waals surface area contributed by atoms with Crippen molar-refractivity contribution in [2.24, 2.45) is 16.8 Å². The number of nitrogens with one attached hydrogen (secondary N) is 2. The van der Waals surface area contributed by atoms with Gasteiger partial charge in [0.15, 0.2) is 5.96 Å². The minimum absolute atomic E-state index is 0.0757. The van der Waals surface area contributed by atoms with Crippen molar-refractivity contribution in [1.29, 1.82) is 0 Å². The van der Waals surface area contributed by atoms with E-state index in [4.69, 9.17) is 0 Å². The number of para-hydroxylation sites is 1. The number of anilines is 1. The standard InChI is InChI=1S/C19H28N4O/c1-2-20-19(23-13-15-8-6-7-9-16(15)14-23)21-12-18(24)22-17-10-4-3-5-11-17/h3-5,10-11,15-16H,2,6-9,12-14H2,1H3,(H,20,21)(H,22,24). The molecule has 2 aliphatic rings. The molecule has 3 rings (SSSR count). The Morgan fingerprint density at radius 3 is 2.46 bits per heavy atom. The molecule has 5 nitrogen and oxygen atoms in total. The summed E-state index contributed by atoms with van der Waals surface area (Å²) in [6.45, 7) is 5.21. The maximum Gasteiger partial charge on any atom is 0.246 e. The molecule has 2 unspecified atom stereocenters. The van der Waals surface area contributed by atoms with Gasteiger partial charge in [0.05, 0.1) is 0 Å². The van der Waals surface area contributed by atoms with Gasteiger partial charge in [0.2, 0.25) is 5.91 Å². The number of rotatable bonds is 4. The zero-order valence-electron chi connectivity index (χ0n) is 14.5. The van der Waals surface area contributed by atoms with E-state index in [9.17, 15) is 4.79 Å². The Bertz CT molecular complexity index is 558. The second-order valence-electron chi connectivity index (χ2n) is 6.79. The Kier molecular flexibility index (Phi) is 5.72. The SMILES string of the molecule is CCNC(=NCC(=O)Nc1ccccc1)N1CC2CCCCC2C1. The quantitative estimate of drug-likeness (QED) is 0.660. The van der Waals surface area contributed by atoms with Crippen LogP contribution in [0.4, 0.5) is 5.69 Å². The number of fused-ring (bicyclic) bond motifs is 1. The van der Waals surface area contributed by atoms with E-state index in [1.807, 2.05) is 30.3 Å². The van der Waals surface area contributed by atoms with Gasteiger partial charge >= 0.3 is 0 Å². The normalized spacial score (nSPS) is 23.7. The summed E-state index contributed by atoms with van der Waals surface area (Å²) < 4.78 is 0. The van der Waals surface area contributed by atoms with Crippen LogP contribution in [0.3, 0.4) is 0 Å². The molecule has 2 atom stereocenters. The Labute approximate surface area is 144 Å². The van der Waals surface area contributed by atoms with Crippen molar-refractivity contribution in [3.8, 4) is 0 Å². The Morgan fingerprint density at radius 1 is 1.17 bits per heavy atom. The van der Waals surface area contributed by atoms with E-state index in [0.29, 0.717) is 0 Å². The molecule has 1 saturated carbocycles. The first-order valence-corrected chi connectivity index (χ1v) is 9.14. The molecular weight excluding hydrogens is 300 g/mol. The number of carbonyl (C=O) groups excluding carboxylic acids is 1. The summed E-state index contributed by atoms with van der Waals surface area (Å²) in [5.41, 5.74) is 0.815. The first-order chi connectivity index (χ1) is 11.8. The van der Waals surface area contributed by atoms with Crippen LogP contribution in [0.25, 0.3) is 0 Å². The zero-order chi connectivity index (χ0) is 16.8. The van der Waals surface area contributed by atoms with E-state index >= 15 is 0 Å². The van der Waals surface area contributed by atoms with Crippen molar-refractivity contribution in [1.82, 2.24) is 10.2 Å². The summed E-state index contributed by atoms with van der Waals surface area (Å²) >= 11 is 0. The summed E-state index contributed by atoms with van der Waals surface area (Å²) in [5, 5.41) is 6.24. The molecule has 0 spiro atoms.